The fourth-order valence-corrected chi connectivity index (χ4v) is 3.54. The number of nitrogens with zero attached hydrogens (tertiary/aromatic N) is 5. The van der Waals surface area contributed by atoms with Gasteiger partial charge in [0.25, 0.3) is 0 Å². The number of anilines is 2. The van der Waals surface area contributed by atoms with Crippen LogP contribution in [0.25, 0.3) is 0 Å². The first-order valence-corrected chi connectivity index (χ1v) is 9.00. The van der Waals surface area contributed by atoms with Gasteiger partial charge in [-0.25, -0.2) is 4.98 Å². The van der Waals surface area contributed by atoms with Crippen molar-refractivity contribution in [1.29, 1.82) is 0 Å². The van der Waals surface area contributed by atoms with Gasteiger partial charge < -0.3 is 19.8 Å². The molecule has 1 aliphatic carbocycles. The highest BCUT2D eigenvalue weighted by Crippen LogP contribution is 2.31. The summed E-state index contributed by atoms with van der Waals surface area (Å²) in [5.41, 5.74) is 0. The van der Waals surface area contributed by atoms with Crippen molar-refractivity contribution in [2.24, 2.45) is 5.92 Å². The summed E-state index contributed by atoms with van der Waals surface area (Å²) in [5.74, 6) is 2.23. The van der Waals surface area contributed by atoms with Crippen LogP contribution in [0.3, 0.4) is 0 Å². The number of aromatic nitrogens is 2. The number of aliphatic hydroxyl groups is 1. The molecule has 4 rings (SSSR count). The molecule has 1 saturated carbocycles. The molecule has 1 atom stereocenters. The van der Waals surface area contributed by atoms with Gasteiger partial charge in [-0.1, -0.05) is 0 Å². The molecule has 24 heavy (non-hydrogen) atoms. The number of amides is 1. The number of carbonyl (C=O) groups excluding carboxylic acids is 1. The van der Waals surface area contributed by atoms with Crippen LogP contribution in [0.1, 0.15) is 25.7 Å². The predicted molar refractivity (Wildman–Crippen MR) is 91.0 cm³/mol. The van der Waals surface area contributed by atoms with Gasteiger partial charge in [0, 0.05) is 51.4 Å². The summed E-state index contributed by atoms with van der Waals surface area (Å²) in [6.45, 7) is 4.72. The Morgan fingerprint density at radius 1 is 1.08 bits per heavy atom. The molecule has 3 fully saturated rings. The first-order chi connectivity index (χ1) is 11.7. The van der Waals surface area contributed by atoms with Gasteiger partial charge in [0.1, 0.15) is 5.82 Å². The van der Waals surface area contributed by atoms with Crippen molar-refractivity contribution < 1.29 is 9.90 Å². The largest absolute Gasteiger partial charge is 0.391 e. The minimum absolute atomic E-state index is 0.261. The van der Waals surface area contributed by atoms with E-state index in [2.05, 4.69) is 14.8 Å². The van der Waals surface area contributed by atoms with E-state index in [0.717, 1.165) is 70.2 Å². The second kappa shape index (κ2) is 6.55. The van der Waals surface area contributed by atoms with Crippen molar-refractivity contribution in [1.82, 2.24) is 14.9 Å². The highest BCUT2D eigenvalue weighted by atomic mass is 16.3. The van der Waals surface area contributed by atoms with Crippen LogP contribution in [0, 0.1) is 5.92 Å². The predicted octanol–water partition coefficient (Wildman–Crippen LogP) is 0.496. The average molecular weight is 331 g/mol. The number of aliphatic hydroxyl groups excluding tert-OH is 1. The van der Waals surface area contributed by atoms with Crippen LogP contribution in [-0.4, -0.2) is 71.3 Å². The zero-order valence-electron chi connectivity index (χ0n) is 14.0. The van der Waals surface area contributed by atoms with Crippen LogP contribution < -0.4 is 9.80 Å². The van der Waals surface area contributed by atoms with Gasteiger partial charge in [0.2, 0.25) is 11.9 Å². The molecule has 0 bridgehead atoms. The molecule has 0 aromatic carbocycles. The van der Waals surface area contributed by atoms with E-state index in [1.54, 1.807) is 6.20 Å². The summed E-state index contributed by atoms with van der Waals surface area (Å²) >= 11 is 0. The maximum atomic E-state index is 12.3. The maximum Gasteiger partial charge on any atom is 0.227 e. The molecule has 3 heterocycles. The molecule has 0 spiro atoms. The number of rotatable bonds is 3. The van der Waals surface area contributed by atoms with Crippen LogP contribution in [0.4, 0.5) is 11.8 Å². The van der Waals surface area contributed by atoms with Gasteiger partial charge in [-0.05, 0) is 31.7 Å². The molecular formula is C17H25N5O2. The van der Waals surface area contributed by atoms with Crippen molar-refractivity contribution in [3.8, 4) is 0 Å². The summed E-state index contributed by atoms with van der Waals surface area (Å²) in [5, 5.41) is 9.71. The molecule has 2 saturated heterocycles. The normalized spacial score (nSPS) is 25.0. The van der Waals surface area contributed by atoms with Gasteiger partial charge >= 0.3 is 0 Å². The van der Waals surface area contributed by atoms with Crippen molar-refractivity contribution in [3.63, 3.8) is 0 Å². The van der Waals surface area contributed by atoms with E-state index in [4.69, 9.17) is 4.98 Å². The Balaban J connectivity index is 1.42. The number of hydrogen-bond donors (Lipinski definition) is 1. The number of hydrogen-bond acceptors (Lipinski definition) is 6. The minimum atomic E-state index is -0.261. The third-order valence-corrected chi connectivity index (χ3v) is 5.13. The molecular weight excluding hydrogens is 306 g/mol. The van der Waals surface area contributed by atoms with Crippen molar-refractivity contribution in [2.45, 2.75) is 31.8 Å². The Kier molecular flexibility index (Phi) is 4.26. The standard InChI is InChI=1S/C17H25N5O2/c23-14-5-9-22(12-14)15-4-6-18-17(19-15)21-8-1-7-20(10-11-21)16(24)13-2-3-13/h4,6,13-14,23H,1-3,5,7-12H2. The molecule has 2 aliphatic heterocycles. The average Bonchev–Trinajstić information content (AvgIpc) is 3.39. The summed E-state index contributed by atoms with van der Waals surface area (Å²) in [6.07, 6.45) is 5.40. The topological polar surface area (TPSA) is 72.8 Å². The fourth-order valence-electron chi connectivity index (χ4n) is 3.54. The van der Waals surface area contributed by atoms with Crippen molar-refractivity contribution in [2.75, 3.05) is 49.1 Å². The quantitative estimate of drug-likeness (QED) is 0.869. The van der Waals surface area contributed by atoms with Gasteiger partial charge in [-0.3, -0.25) is 4.79 Å². The van der Waals surface area contributed by atoms with Crippen LogP contribution >= 0.6 is 0 Å². The van der Waals surface area contributed by atoms with E-state index < -0.39 is 0 Å². The number of carbonyl (C=O) groups is 1. The van der Waals surface area contributed by atoms with Gasteiger partial charge in [-0.15, -0.1) is 0 Å². The molecule has 0 radical (unpaired) electrons. The number of β-amino-alcohol motifs (C(OH)–C–C–N with tert-alkyl or cyclic N) is 1. The Bertz CT molecular complexity index is 606. The van der Waals surface area contributed by atoms with Gasteiger partial charge in [-0.2, -0.15) is 4.98 Å². The molecule has 1 unspecified atom stereocenters. The van der Waals surface area contributed by atoms with E-state index in [1.807, 2.05) is 11.0 Å². The highest BCUT2D eigenvalue weighted by molar-refractivity contribution is 5.81. The lowest BCUT2D eigenvalue weighted by Crippen LogP contribution is -2.36. The van der Waals surface area contributed by atoms with Crippen molar-refractivity contribution >= 4 is 17.7 Å². The Hall–Kier alpha value is -1.89. The van der Waals surface area contributed by atoms with E-state index in [9.17, 15) is 9.90 Å². The molecule has 1 aromatic heterocycles. The lowest BCUT2D eigenvalue weighted by molar-refractivity contribution is -0.132. The molecule has 7 nitrogen and oxygen atoms in total. The van der Waals surface area contributed by atoms with Gasteiger partial charge in [0.05, 0.1) is 6.10 Å². The first-order valence-electron chi connectivity index (χ1n) is 9.00. The minimum Gasteiger partial charge on any atom is -0.391 e. The van der Waals surface area contributed by atoms with Crippen LogP contribution in [0.5, 0.6) is 0 Å². The second-order valence-corrected chi connectivity index (χ2v) is 7.04. The second-order valence-electron chi connectivity index (χ2n) is 7.04. The molecule has 130 valence electrons. The smallest absolute Gasteiger partial charge is 0.227 e. The first kappa shape index (κ1) is 15.6. The maximum absolute atomic E-state index is 12.3. The molecule has 7 heteroatoms. The third-order valence-electron chi connectivity index (χ3n) is 5.13. The molecule has 1 N–H and O–H groups in total. The van der Waals surface area contributed by atoms with E-state index in [-0.39, 0.29) is 12.0 Å². The van der Waals surface area contributed by atoms with Crippen LogP contribution in [0.15, 0.2) is 12.3 Å². The Morgan fingerprint density at radius 3 is 2.71 bits per heavy atom. The van der Waals surface area contributed by atoms with E-state index >= 15 is 0 Å². The lowest BCUT2D eigenvalue weighted by Gasteiger charge is -2.23. The zero-order chi connectivity index (χ0) is 16.5. The molecule has 1 amide bonds. The summed E-state index contributed by atoms with van der Waals surface area (Å²) in [7, 11) is 0. The summed E-state index contributed by atoms with van der Waals surface area (Å²) < 4.78 is 0. The highest BCUT2D eigenvalue weighted by Gasteiger charge is 2.34. The van der Waals surface area contributed by atoms with E-state index in [1.165, 1.54) is 0 Å². The Morgan fingerprint density at radius 2 is 1.96 bits per heavy atom. The monoisotopic (exact) mass is 331 g/mol. The summed E-state index contributed by atoms with van der Waals surface area (Å²) in [4.78, 5) is 27.7. The van der Waals surface area contributed by atoms with Crippen molar-refractivity contribution in [3.05, 3.63) is 12.3 Å². The zero-order valence-corrected chi connectivity index (χ0v) is 14.0. The Labute approximate surface area is 142 Å². The third kappa shape index (κ3) is 3.31. The van der Waals surface area contributed by atoms with Gasteiger partial charge in [0.15, 0.2) is 0 Å². The SMILES string of the molecule is O=C(C1CC1)N1CCCN(c2nccc(N3CCC(O)C3)n2)CC1. The fraction of sp³-hybridized carbons (Fsp3) is 0.706. The molecule has 3 aliphatic rings. The van der Waals surface area contributed by atoms with Crippen LogP contribution in [-0.2, 0) is 4.79 Å². The lowest BCUT2D eigenvalue weighted by atomic mass is 10.3. The molecule has 1 aromatic rings. The van der Waals surface area contributed by atoms with Crippen LogP contribution in [0.2, 0.25) is 0 Å². The van der Waals surface area contributed by atoms with E-state index in [0.29, 0.717) is 12.5 Å². The summed E-state index contributed by atoms with van der Waals surface area (Å²) in [6, 6.07) is 1.91.